The monoisotopic (exact) mass is 492 g/mol. The SMILES string of the molecule is CC[C@]1(C(N)=O)CC[C@@](C)(CNC(=O)c2cc(F)c(OCc3ccc(OC)cc3)c(F)c2F)CC1. The van der Waals surface area contributed by atoms with Gasteiger partial charge in [0.1, 0.15) is 12.4 Å². The first-order valence-corrected chi connectivity index (χ1v) is 11.6. The van der Waals surface area contributed by atoms with Gasteiger partial charge in [0.25, 0.3) is 5.91 Å². The number of nitrogens with one attached hydrogen (secondary N) is 1. The van der Waals surface area contributed by atoms with Gasteiger partial charge in [0.05, 0.1) is 12.7 Å². The van der Waals surface area contributed by atoms with Crippen LogP contribution in [0.3, 0.4) is 0 Å². The van der Waals surface area contributed by atoms with Crippen LogP contribution in [0.5, 0.6) is 11.5 Å². The van der Waals surface area contributed by atoms with Crippen molar-refractivity contribution in [3.63, 3.8) is 0 Å². The van der Waals surface area contributed by atoms with Crippen molar-refractivity contribution in [3.05, 3.63) is 58.9 Å². The molecule has 1 aliphatic rings. The van der Waals surface area contributed by atoms with E-state index in [0.717, 1.165) is 0 Å². The summed E-state index contributed by atoms with van der Waals surface area (Å²) in [6.45, 7) is 3.83. The van der Waals surface area contributed by atoms with Crippen molar-refractivity contribution in [1.82, 2.24) is 5.32 Å². The van der Waals surface area contributed by atoms with Gasteiger partial charge in [0, 0.05) is 12.0 Å². The van der Waals surface area contributed by atoms with Crippen molar-refractivity contribution >= 4 is 11.8 Å². The molecule has 190 valence electrons. The Morgan fingerprint density at radius 1 is 1.06 bits per heavy atom. The number of methoxy groups -OCH3 is 1. The Bertz CT molecular complexity index is 1080. The standard InChI is InChI=1S/C26H31F3N2O4/c1-4-26(24(30)33)11-9-25(2,10-12-26)15-31-23(32)18-13-19(27)22(21(29)20(18)28)35-14-16-5-7-17(34-3)8-6-16/h5-8,13H,4,9-12,14-15H2,1-3H3,(H2,30,33)(H,31,32)/t25-,26+. The molecule has 0 radical (unpaired) electrons. The average Bonchev–Trinajstić information content (AvgIpc) is 2.85. The summed E-state index contributed by atoms with van der Waals surface area (Å²) in [5.41, 5.74) is 4.54. The number of carbonyl (C=O) groups excluding carboxylic acids is 2. The van der Waals surface area contributed by atoms with Gasteiger partial charge >= 0.3 is 0 Å². The average molecular weight is 493 g/mol. The zero-order valence-corrected chi connectivity index (χ0v) is 20.2. The van der Waals surface area contributed by atoms with Crippen LogP contribution in [0.15, 0.2) is 30.3 Å². The minimum absolute atomic E-state index is 0.169. The number of benzene rings is 2. The van der Waals surface area contributed by atoms with Crippen LogP contribution in [0.2, 0.25) is 0 Å². The third-order valence-electron chi connectivity index (χ3n) is 7.19. The fourth-order valence-electron chi connectivity index (χ4n) is 4.43. The first-order chi connectivity index (χ1) is 16.5. The number of nitrogens with two attached hydrogens (primary N) is 1. The van der Waals surface area contributed by atoms with Crippen LogP contribution in [-0.4, -0.2) is 25.5 Å². The van der Waals surface area contributed by atoms with Crippen molar-refractivity contribution in [1.29, 1.82) is 0 Å². The van der Waals surface area contributed by atoms with E-state index >= 15 is 0 Å². The van der Waals surface area contributed by atoms with Crippen LogP contribution in [-0.2, 0) is 11.4 Å². The summed E-state index contributed by atoms with van der Waals surface area (Å²) in [5, 5.41) is 2.59. The fraction of sp³-hybridized carbons (Fsp3) is 0.462. The molecule has 0 heterocycles. The lowest BCUT2D eigenvalue weighted by Crippen LogP contribution is -2.45. The van der Waals surface area contributed by atoms with E-state index in [0.29, 0.717) is 49.5 Å². The maximum atomic E-state index is 14.7. The summed E-state index contributed by atoms with van der Waals surface area (Å²) < 4.78 is 54.0. The predicted molar refractivity (Wildman–Crippen MR) is 124 cm³/mol. The maximum Gasteiger partial charge on any atom is 0.254 e. The molecule has 3 N–H and O–H groups in total. The quantitative estimate of drug-likeness (QED) is 0.488. The van der Waals surface area contributed by atoms with Crippen LogP contribution < -0.4 is 20.5 Å². The van der Waals surface area contributed by atoms with E-state index in [1.807, 2.05) is 13.8 Å². The van der Waals surface area contributed by atoms with E-state index in [2.05, 4.69) is 5.32 Å². The number of amides is 2. The van der Waals surface area contributed by atoms with E-state index in [1.54, 1.807) is 24.3 Å². The van der Waals surface area contributed by atoms with Gasteiger partial charge in [-0.05, 0) is 61.3 Å². The molecule has 2 aromatic carbocycles. The van der Waals surface area contributed by atoms with E-state index in [1.165, 1.54) is 7.11 Å². The molecule has 2 amide bonds. The van der Waals surface area contributed by atoms with Crippen LogP contribution in [0.4, 0.5) is 13.2 Å². The third kappa shape index (κ3) is 5.71. The molecule has 1 fully saturated rings. The number of hydrogen-bond donors (Lipinski definition) is 2. The highest BCUT2D eigenvalue weighted by atomic mass is 19.2. The summed E-state index contributed by atoms with van der Waals surface area (Å²) in [4.78, 5) is 24.5. The molecule has 0 atom stereocenters. The minimum atomic E-state index is -1.57. The molecule has 0 spiro atoms. The van der Waals surface area contributed by atoms with E-state index in [4.69, 9.17) is 15.2 Å². The Morgan fingerprint density at radius 3 is 2.23 bits per heavy atom. The lowest BCUT2D eigenvalue weighted by molar-refractivity contribution is -0.131. The molecule has 6 nitrogen and oxygen atoms in total. The molecule has 9 heteroatoms. The van der Waals surface area contributed by atoms with Gasteiger partial charge in [0.15, 0.2) is 17.4 Å². The summed E-state index contributed by atoms with van der Waals surface area (Å²) >= 11 is 0. The van der Waals surface area contributed by atoms with Gasteiger partial charge in [-0.1, -0.05) is 26.0 Å². The molecular weight excluding hydrogens is 461 g/mol. The van der Waals surface area contributed by atoms with Gasteiger partial charge in [-0.15, -0.1) is 0 Å². The summed E-state index contributed by atoms with van der Waals surface area (Å²) in [7, 11) is 1.51. The van der Waals surface area contributed by atoms with Crippen molar-refractivity contribution < 1.29 is 32.2 Å². The van der Waals surface area contributed by atoms with Gasteiger partial charge < -0.3 is 20.5 Å². The largest absolute Gasteiger partial charge is 0.497 e. The molecule has 0 unspecified atom stereocenters. The van der Waals surface area contributed by atoms with Crippen molar-refractivity contribution in [2.75, 3.05) is 13.7 Å². The van der Waals surface area contributed by atoms with Gasteiger partial charge in [-0.2, -0.15) is 4.39 Å². The normalized spacial score (nSPS) is 21.9. The fourth-order valence-corrected chi connectivity index (χ4v) is 4.43. The number of halogens is 3. The molecule has 0 aliphatic heterocycles. The van der Waals surface area contributed by atoms with Gasteiger partial charge in [-0.25, -0.2) is 8.78 Å². The van der Waals surface area contributed by atoms with Crippen LogP contribution >= 0.6 is 0 Å². The van der Waals surface area contributed by atoms with Crippen LogP contribution in [0.1, 0.15) is 61.9 Å². The Hall–Kier alpha value is -3.23. The number of ether oxygens (including phenoxy) is 2. The topological polar surface area (TPSA) is 90.7 Å². The first-order valence-electron chi connectivity index (χ1n) is 11.6. The predicted octanol–water partition coefficient (Wildman–Crippen LogP) is 4.88. The summed E-state index contributed by atoms with van der Waals surface area (Å²) in [6, 6.07) is 7.24. The number of carbonyl (C=O) groups is 2. The van der Waals surface area contributed by atoms with Crippen molar-refractivity contribution in [3.8, 4) is 11.5 Å². The molecule has 0 aromatic heterocycles. The lowest BCUT2D eigenvalue weighted by atomic mass is 9.63. The molecule has 0 saturated heterocycles. The Labute approximate surface area is 203 Å². The van der Waals surface area contributed by atoms with Gasteiger partial charge in [-0.3, -0.25) is 9.59 Å². The molecule has 1 aliphatic carbocycles. The second kappa shape index (κ2) is 10.6. The van der Waals surface area contributed by atoms with Crippen LogP contribution in [0.25, 0.3) is 0 Å². The Morgan fingerprint density at radius 2 is 1.69 bits per heavy atom. The Balaban J connectivity index is 1.65. The van der Waals surface area contributed by atoms with Crippen LogP contribution in [0, 0.1) is 28.3 Å². The molecule has 0 bridgehead atoms. The Kier molecular flexibility index (Phi) is 7.97. The number of rotatable bonds is 9. The first kappa shape index (κ1) is 26.4. The van der Waals surface area contributed by atoms with E-state index in [9.17, 15) is 22.8 Å². The summed E-state index contributed by atoms with van der Waals surface area (Å²) in [5.74, 6) is -5.77. The molecular formula is C26H31F3N2O4. The second-order valence-electron chi connectivity index (χ2n) is 9.49. The third-order valence-corrected chi connectivity index (χ3v) is 7.19. The highest BCUT2D eigenvalue weighted by Gasteiger charge is 2.43. The number of primary amides is 1. The molecule has 3 rings (SSSR count). The zero-order valence-electron chi connectivity index (χ0n) is 20.2. The maximum absolute atomic E-state index is 14.7. The second-order valence-corrected chi connectivity index (χ2v) is 9.49. The number of hydrogen-bond acceptors (Lipinski definition) is 4. The van der Waals surface area contributed by atoms with E-state index < -0.39 is 40.1 Å². The van der Waals surface area contributed by atoms with Crippen molar-refractivity contribution in [2.45, 2.75) is 52.6 Å². The lowest BCUT2D eigenvalue weighted by Gasteiger charge is -2.43. The van der Waals surface area contributed by atoms with Gasteiger partial charge in [0.2, 0.25) is 11.7 Å². The molecule has 2 aromatic rings. The smallest absolute Gasteiger partial charge is 0.254 e. The molecule has 35 heavy (non-hydrogen) atoms. The summed E-state index contributed by atoms with van der Waals surface area (Å²) in [6.07, 6.45) is 3.08. The highest BCUT2D eigenvalue weighted by molar-refractivity contribution is 5.94. The molecule has 1 saturated carbocycles. The van der Waals surface area contributed by atoms with E-state index in [-0.39, 0.29) is 24.5 Å². The highest BCUT2D eigenvalue weighted by Crippen LogP contribution is 2.46. The zero-order chi connectivity index (χ0) is 25.8. The van der Waals surface area contributed by atoms with Crippen molar-refractivity contribution in [2.24, 2.45) is 16.6 Å². The minimum Gasteiger partial charge on any atom is -0.497 e.